The van der Waals surface area contributed by atoms with Crippen LogP contribution in [-0.4, -0.2) is 40.2 Å². The molecule has 2 atom stereocenters. The largest absolute Gasteiger partial charge is 0.493 e. The fourth-order valence-corrected chi connectivity index (χ4v) is 3.57. The highest BCUT2D eigenvalue weighted by molar-refractivity contribution is 5.91. The first-order valence-electron chi connectivity index (χ1n) is 9.98. The first-order chi connectivity index (χ1) is 15.1. The number of hydrogen-bond acceptors (Lipinski definition) is 5. The van der Waals surface area contributed by atoms with Crippen molar-refractivity contribution in [2.24, 2.45) is 4.99 Å². The number of alkyl halides is 3. The molecule has 5 nitrogen and oxygen atoms in total. The van der Waals surface area contributed by atoms with Gasteiger partial charge in [-0.25, -0.2) is 14.4 Å². The summed E-state index contributed by atoms with van der Waals surface area (Å²) in [4.78, 5) is 12.3. The number of aromatic nitrogens is 2. The van der Waals surface area contributed by atoms with Crippen molar-refractivity contribution in [2.75, 3.05) is 7.11 Å². The van der Waals surface area contributed by atoms with Gasteiger partial charge in [0.05, 0.1) is 18.3 Å². The fourth-order valence-electron chi connectivity index (χ4n) is 3.57. The van der Waals surface area contributed by atoms with Crippen molar-refractivity contribution in [2.45, 2.75) is 44.4 Å². The third-order valence-electron chi connectivity index (χ3n) is 5.32. The Morgan fingerprint density at radius 2 is 1.91 bits per heavy atom. The van der Waals surface area contributed by atoms with Crippen molar-refractivity contribution in [1.82, 2.24) is 9.97 Å². The van der Waals surface area contributed by atoms with Crippen LogP contribution in [0.15, 0.2) is 47.6 Å². The van der Waals surface area contributed by atoms with Gasteiger partial charge in [0.15, 0.2) is 17.2 Å². The topological polar surface area (TPSA) is 67.6 Å². The van der Waals surface area contributed by atoms with Gasteiger partial charge in [0.1, 0.15) is 5.82 Å². The minimum Gasteiger partial charge on any atom is -0.493 e. The molecule has 32 heavy (non-hydrogen) atoms. The zero-order valence-corrected chi connectivity index (χ0v) is 17.8. The number of hydrogen-bond donors (Lipinski definition) is 1. The molecule has 0 bridgehead atoms. The Bertz CT molecular complexity index is 1130. The molecule has 1 aromatic heterocycles. The van der Waals surface area contributed by atoms with E-state index in [2.05, 4.69) is 15.0 Å². The van der Waals surface area contributed by atoms with Crippen LogP contribution in [0.1, 0.15) is 37.1 Å². The summed E-state index contributed by atoms with van der Waals surface area (Å²) in [6.45, 7) is 3.36. The highest BCUT2D eigenvalue weighted by atomic mass is 19.4. The Morgan fingerprint density at radius 1 is 1.19 bits per heavy atom. The third-order valence-corrected chi connectivity index (χ3v) is 5.32. The van der Waals surface area contributed by atoms with Crippen molar-refractivity contribution in [3.05, 3.63) is 59.8 Å². The summed E-state index contributed by atoms with van der Waals surface area (Å²) in [6, 6.07) is 8.88. The van der Waals surface area contributed by atoms with E-state index in [1.165, 1.54) is 31.5 Å². The third kappa shape index (κ3) is 4.72. The van der Waals surface area contributed by atoms with E-state index in [1.807, 2.05) is 0 Å². The average molecular weight is 449 g/mol. The number of fused-ring (bicyclic) bond motifs is 1. The van der Waals surface area contributed by atoms with Crippen LogP contribution < -0.4 is 4.74 Å². The molecule has 0 radical (unpaired) electrons. The summed E-state index contributed by atoms with van der Waals surface area (Å²) >= 11 is 0. The number of methoxy groups -OCH3 is 1. The molecule has 170 valence electrons. The second-order valence-corrected chi connectivity index (χ2v) is 7.48. The first kappa shape index (κ1) is 23.6. The van der Waals surface area contributed by atoms with E-state index in [0.29, 0.717) is 22.9 Å². The molecule has 2 unspecified atom stereocenters. The minimum absolute atomic E-state index is 0.137. The zero-order chi connectivity index (χ0) is 23.5. The molecular formula is C23H23F4N3O2. The van der Waals surface area contributed by atoms with Gasteiger partial charge >= 0.3 is 6.18 Å². The number of aryl methyl sites for hydroxylation is 1. The van der Waals surface area contributed by atoms with Crippen molar-refractivity contribution in [3.63, 3.8) is 0 Å². The molecule has 1 N–H and O–H groups in total. The lowest BCUT2D eigenvalue weighted by Gasteiger charge is -2.31. The number of aliphatic hydroxyl groups is 1. The van der Waals surface area contributed by atoms with Crippen molar-refractivity contribution in [1.29, 1.82) is 0 Å². The van der Waals surface area contributed by atoms with Crippen molar-refractivity contribution >= 4 is 22.8 Å². The van der Waals surface area contributed by atoms with E-state index >= 15 is 0 Å². The molecule has 0 amide bonds. The lowest BCUT2D eigenvalue weighted by molar-refractivity contribution is -0.232. The normalized spacial score (nSPS) is 15.1. The van der Waals surface area contributed by atoms with Crippen LogP contribution in [0.5, 0.6) is 5.75 Å². The van der Waals surface area contributed by atoms with Crippen LogP contribution >= 0.6 is 0 Å². The van der Waals surface area contributed by atoms with Gasteiger partial charge in [0.25, 0.3) is 0 Å². The highest BCUT2D eigenvalue weighted by Crippen LogP contribution is 2.42. The predicted octanol–water partition coefficient (Wildman–Crippen LogP) is 5.67. The van der Waals surface area contributed by atoms with Gasteiger partial charge in [-0.3, -0.25) is 4.99 Å². The van der Waals surface area contributed by atoms with Gasteiger partial charge in [-0.1, -0.05) is 25.1 Å². The molecule has 0 saturated carbocycles. The highest BCUT2D eigenvalue weighted by Gasteiger charge is 2.53. The van der Waals surface area contributed by atoms with Crippen LogP contribution in [0, 0.1) is 12.7 Å². The standard InChI is InChI=1S/C23H23F4N3O2/c1-4-15(16-7-5-8-18(24)21(16)32-3)11-22(31,23(25,26)27)13-29-19-9-6-10-20-17(19)12-28-14(2)30-20/h5-10,12-13,15,31H,4,11H2,1-3H3. The number of ether oxygens (including phenoxy) is 1. The van der Waals surface area contributed by atoms with E-state index in [-0.39, 0.29) is 23.4 Å². The number of halogens is 4. The minimum atomic E-state index is -5.01. The van der Waals surface area contributed by atoms with Crippen LogP contribution in [0.2, 0.25) is 0 Å². The summed E-state index contributed by atoms with van der Waals surface area (Å²) in [6.07, 6.45) is -3.58. The maximum absolute atomic E-state index is 14.1. The first-order valence-corrected chi connectivity index (χ1v) is 9.98. The summed E-state index contributed by atoms with van der Waals surface area (Å²) in [5.74, 6) is -1.14. The Hall–Kier alpha value is -3.07. The molecule has 1 heterocycles. The lowest BCUT2D eigenvalue weighted by Crippen LogP contribution is -2.47. The van der Waals surface area contributed by atoms with Gasteiger partial charge in [-0.2, -0.15) is 13.2 Å². The number of nitrogens with zero attached hydrogens (tertiary/aromatic N) is 3. The van der Waals surface area contributed by atoms with E-state index < -0.39 is 29.9 Å². The van der Waals surface area contributed by atoms with Crippen molar-refractivity contribution in [3.8, 4) is 5.75 Å². The van der Waals surface area contributed by atoms with Crippen molar-refractivity contribution < 1.29 is 27.4 Å². The fraction of sp³-hybridized carbons (Fsp3) is 0.348. The quantitative estimate of drug-likeness (QED) is 0.373. The molecule has 0 aliphatic heterocycles. The van der Waals surface area contributed by atoms with Gasteiger partial charge < -0.3 is 9.84 Å². The van der Waals surface area contributed by atoms with E-state index in [9.17, 15) is 22.7 Å². The van der Waals surface area contributed by atoms with E-state index in [4.69, 9.17) is 4.74 Å². The molecule has 3 aromatic rings. The molecule has 9 heteroatoms. The monoisotopic (exact) mass is 449 g/mol. The van der Waals surface area contributed by atoms with Gasteiger partial charge in [0, 0.05) is 23.4 Å². The lowest BCUT2D eigenvalue weighted by atomic mass is 9.84. The molecule has 0 aliphatic carbocycles. The second kappa shape index (κ2) is 9.20. The average Bonchev–Trinajstić information content (AvgIpc) is 2.74. The number of para-hydroxylation sites is 1. The summed E-state index contributed by atoms with van der Waals surface area (Å²) in [5.41, 5.74) is -2.28. The Kier molecular flexibility index (Phi) is 6.78. The van der Waals surface area contributed by atoms with Crippen LogP contribution in [0.25, 0.3) is 10.9 Å². The molecule has 3 rings (SSSR count). The molecule has 0 fully saturated rings. The second-order valence-electron chi connectivity index (χ2n) is 7.48. The molecule has 0 spiro atoms. The Morgan fingerprint density at radius 3 is 2.56 bits per heavy atom. The molecule has 2 aromatic carbocycles. The van der Waals surface area contributed by atoms with E-state index in [1.54, 1.807) is 26.0 Å². The van der Waals surface area contributed by atoms with Crippen LogP contribution in [-0.2, 0) is 0 Å². The summed E-state index contributed by atoms with van der Waals surface area (Å²) in [7, 11) is 1.25. The Labute approximate surface area is 182 Å². The maximum atomic E-state index is 14.1. The summed E-state index contributed by atoms with van der Waals surface area (Å²) in [5, 5.41) is 11.1. The van der Waals surface area contributed by atoms with Crippen LogP contribution in [0.3, 0.4) is 0 Å². The molecule has 0 aliphatic rings. The number of aliphatic imine (C=N–C) groups is 1. The molecular weight excluding hydrogens is 426 g/mol. The number of rotatable bonds is 7. The van der Waals surface area contributed by atoms with Crippen LogP contribution in [0.4, 0.5) is 23.2 Å². The smallest absolute Gasteiger partial charge is 0.422 e. The van der Waals surface area contributed by atoms with Gasteiger partial charge in [-0.05, 0) is 43.9 Å². The predicted molar refractivity (Wildman–Crippen MR) is 114 cm³/mol. The summed E-state index contributed by atoms with van der Waals surface area (Å²) < 4.78 is 61.1. The Balaban J connectivity index is 2.02. The molecule has 0 saturated heterocycles. The maximum Gasteiger partial charge on any atom is 0.422 e. The zero-order valence-electron chi connectivity index (χ0n) is 17.8. The van der Waals surface area contributed by atoms with Gasteiger partial charge in [0.2, 0.25) is 0 Å². The number of benzene rings is 2. The SMILES string of the molecule is CCC(CC(O)(C=Nc1cccc2nc(C)ncc12)C(F)(F)F)c1cccc(F)c1OC. The van der Waals surface area contributed by atoms with Gasteiger partial charge in [-0.15, -0.1) is 0 Å². The van der Waals surface area contributed by atoms with E-state index in [0.717, 1.165) is 6.07 Å².